The van der Waals surface area contributed by atoms with Gasteiger partial charge < -0.3 is 16.2 Å². The molecule has 0 aliphatic heterocycles. The summed E-state index contributed by atoms with van der Waals surface area (Å²) >= 11 is 0. The molecule has 1 saturated carbocycles. The van der Waals surface area contributed by atoms with Gasteiger partial charge in [-0.15, -0.1) is 0 Å². The lowest BCUT2D eigenvalue weighted by Gasteiger charge is -2.32. The second-order valence-corrected chi connectivity index (χ2v) is 3.12. The topological polar surface area (TPSA) is 75.4 Å². The van der Waals surface area contributed by atoms with Crippen LogP contribution in [0.3, 0.4) is 0 Å². The van der Waals surface area contributed by atoms with Crippen molar-refractivity contribution in [1.82, 2.24) is 5.32 Å². The first kappa shape index (κ1) is 8.49. The molecule has 11 heavy (non-hydrogen) atoms. The molecule has 1 atom stereocenters. The van der Waals surface area contributed by atoms with E-state index < -0.39 is 6.04 Å². The van der Waals surface area contributed by atoms with Crippen LogP contribution in [-0.4, -0.2) is 29.2 Å². The van der Waals surface area contributed by atoms with Crippen LogP contribution >= 0.6 is 0 Å². The summed E-state index contributed by atoms with van der Waals surface area (Å²) in [7, 11) is 0. The number of nitrogens with one attached hydrogen (secondary N) is 1. The molecule has 0 heterocycles. The number of hydrogen-bond donors (Lipinski definition) is 3. The van der Waals surface area contributed by atoms with Crippen molar-refractivity contribution in [2.75, 3.05) is 0 Å². The van der Waals surface area contributed by atoms with Crippen LogP contribution in [-0.2, 0) is 4.79 Å². The quantitative estimate of drug-likeness (QED) is 0.481. The van der Waals surface area contributed by atoms with Gasteiger partial charge >= 0.3 is 0 Å². The van der Waals surface area contributed by atoms with E-state index >= 15 is 0 Å². The Bertz CT molecular complexity index is 153. The maximum atomic E-state index is 10.9. The molecule has 1 aliphatic rings. The molecule has 0 aromatic carbocycles. The third-order valence-electron chi connectivity index (χ3n) is 1.87. The fourth-order valence-electron chi connectivity index (χ4n) is 1.04. The van der Waals surface area contributed by atoms with Gasteiger partial charge in [-0.05, 0) is 19.8 Å². The van der Waals surface area contributed by atoms with Crippen molar-refractivity contribution in [3.63, 3.8) is 0 Å². The van der Waals surface area contributed by atoms with Gasteiger partial charge in [-0.1, -0.05) is 0 Å². The van der Waals surface area contributed by atoms with Gasteiger partial charge in [-0.2, -0.15) is 0 Å². The molecule has 0 aromatic heterocycles. The van der Waals surface area contributed by atoms with Crippen molar-refractivity contribution >= 4 is 5.91 Å². The normalized spacial score (nSPS) is 32.3. The van der Waals surface area contributed by atoms with E-state index in [4.69, 9.17) is 10.8 Å². The molecule has 4 N–H and O–H groups in total. The smallest absolute Gasteiger partial charge is 0.236 e. The zero-order valence-electron chi connectivity index (χ0n) is 6.58. The number of aliphatic hydroxyl groups is 1. The summed E-state index contributed by atoms with van der Waals surface area (Å²) in [6.45, 7) is 1.64. The summed E-state index contributed by atoms with van der Waals surface area (Å²) in [5.74, 6) is -0.137. The molecular weight excluding hydrogens is 144 g/mol. The van der Waals surface area contributed by atoms with E-state index in [9.17, 15) is 4.79 Å². The molecule has 64 valence electrons. The maximum Gasteiger partial charge on any atom is 0.236 e. The molecule has 0 saturated heterocycles. The Hall–Kier alpha value is -0.610. The Morgan fingerprint density at radius 2 is 2.27 bits per heavy atom. The fraction of sp³-hybridized carbons (Fsp3) is 0.857. The summed E-state index contributed by atoms with van der Waals surface area (Å²) in [5, 5.41) is 11.6. The number of aliphatic hydroxyl groups excluding tert-OH is 1. The summed E-state index contributed by atoms with van der Waals surface area (Å²) in [6.07, 6.45) is 1.10. The third kappa shape index (κ3) is 2.17. The molecule has 4 heteroatoms. The number of carbonyl (C=O) groups is 1. The lowest BCUT2D eigenvalue weighted by molar-refractivity contribution is -0.124. The van der Waals surface area contributed by atoms with Crippen molar-refractivity contribution in [3.8, 4) is 0 Å². The highest BCUT2D eigenvalue weighted by atomic mass is 16.3. The zero-order chi connectivity index (χ0) is 8.43. The molecule has 0 radical (unpaired) electrons. The number of carbonyl (C=O) groups excluding carboxylic acids is 1. The zero-order valence-corrected chi connectivity index (χ0v) is 6.58. The average molecular weight is 158 g/mol. The second-order valence-electron chi connectivity index (χ2n) is 3.12. The van der Waals surface area contributed by atoms with E-state index in [0.29, 0.717) is 12.8 Å². The second kappa shape index (κ2) is 3.19. The van der Waals surface area contributed by atoms with Gasteiger partial charge in [0.05, 0.1) is 12.1 Å². The monoisotopic (exact) mass is 158 g/mol. The van der Waals surface area contributed by atoms with Gasteiger partial charge in [0.2, 0.25) is 5.91 Å². The number of nitrogens with two attached hydrogens (primary N) is 1. The molecule has 0 spiro atoms. The van der Waals surface area contributed by atoms with Crippen LogP contribution in [0.15, 0.2) is 0 Å². The van der Waals surface area contributed by atoms with Crippen LogP contribution in [0.4, 0.5) is 0 Å². The van der Waals surface area contributed by atoms with Gasteiger partial charge in [0.25, 0.3) is 0 Å². The first-order valence-electron chi connectivity index (χ1n) is 3.83. The largest absolute Gasteiger partial charge is 0.393 e. The van der Waals surface area contributed by atoms with E-state index in [1.54, 1.807) is 6.92 Å². The Morgan fingerprint density at radius 1 is 1.73 bits per heavy atom. The molecule has 1 fully saturated rings. The van der Waals surface area contributed by atoms with Gasteiger partial charge in [0.1, 0.15) is 0 Å². The Morgan fingerprint density at radius 3 is 2.64 bits per heavy atom. The Labute approximate surface area is 65.8 Å². The van der Waals surface area contributed by atoms with E-state index in [1.807, 2.05) is 0 Å². The minimum atomic E-state index is -0.451. The summed E-state index contributed by atoms with van der Waals surface area (Å²) in [6, 6.07) is -0.309. The summed E-state index contributed by atoms with van der Waals surface area (Å²) < 4.78 is 0. The van der Waals surface area contributed by atoms with Crippen LogP contribution in [0.2, 0.25) is 0 Å². The van der Waals surface area contributed by atoms with Crippen LogP contribution in [0, 0.1) is 0 Å². The molecule has 0 unspecified atom stereocenters. The minimum Gasteiger partial charge on any atom is -0.393 e. The Balaban J connectivity index is 2.17. The van der Waals surface area contributed by atoms with Gasteiger partial charge in [-0.25, -0.2) is 0 Å². The van der Waals surface area contributed by atoms with Crippen molar-refractivity contribution in [1.29, 1.82) is 0 Å². The molecule has 1 rings (SSSR count). The summed E-state index contributed by atoms with van der Waals surface area (Å²) in [4.78, 5) is 10.9. The van der Waals surface area contributed by atoms with Gasteiger partial charge in [0.15, 0.2) is 0 Å². The standard InChI is InChI=1S/C7H14N2O2/c1-4(8)7(11)9-5-2-6(10)3-5/h4-6,10H,2-3,8H2,1H3,(H,9,11)/t4-,5?,6?/m0/s1. The van der Waals surface area contributed by atoms with Crippen molar-refractivity contribution in [3.05, 3.63) is 0 Å². The van der Waals surface area contributed by atoms with Gasteiger partial charge in [0, 0.05) is 6.04 Å². The average Bonchev–Trinajstić information content (AvgIpc) is 1.84. The van der Waals surface area contributed by atoms with E-state index in [1.165, 1.54) is 0 Å². The van der Waals surface area contributed by atoms with E-state index in [-0.39, 0.29) is 18.1 Å². The summed E-state index contributed by atoms with van der Waals surface area (Å²) in [5.41, 5.74) is 5.32. The molecular formula is C7H14N2O2. The molecule has 1 amide bonds. The van der Waals surface area contributed by atoms with Crippen LogP contribution in [0.25, 0.3) is 0 Å². The molecule has 0 aromatic rings. The van der Waals surface area contributed by atoms with Crippen LogP contribution < -0.4 is 11.1 Å². The number of hydrogen-bond acceptors (Lipinski definition) is 3. The van der Waals surface area contributed by atoms with Crippen molar-refractivity contribution < 1.29 is 9.90 Å². The number of rotatable bonds is 2. The molecule has 1 aliphatic carbocycles. The minimum absolute atomic E-state index is 0.137. The highest BCUT2D eigenvalue weighted by Gasteiger charge is 2.28. The molecule has 4 nitrogen and oxygen atoms in total. The highest BCUT2D eigenvalue weighted by Crippen LogP contribution is 2.18. The van der Waals surface area contributed by atoms with Crippen LogP contribution in [0.5, 0.6) is 0 Å². The predicted octanol–water partition coefficient (Wildman–Crippen LogP) is -1.03. The lowest BCUT2D eigenvalue weighted by atomic mass is 9.89. The van der Waals surface area contributed by atoms with E-state index in [0.717, 1.165) is 0 Å². The van der Waals surface area contributed by atoms with Crippen LogP contribution in [0.1, 0.15) is 19.8 Å². The van der Waals surface area contributed by atoms with Crippen molar-refractivity contribution in [2.24, 2.45) is 5.73 Å². The van der Waals surface area contributed by atoms with E-state index in [2.05, 4.69) is 5.32 Å². The maximum absolute atomic E-state index is 10.9. The SMILES string of the molecule is C[C@H](N)C(=O)NC1CC(O)C1. The first-order valence-corrected chi connectivity index (χ1v) is 3.83. The first-order chi connectivity index (χ1) is 5.09. The molecule has 0 bridgehead atoms. The Kier molecular flexibility index (Phi) is 2.46. The number of amides is 1. The highest BCUT2D eigenvalue weighted by molar-refractivity contribution is 5.81. The predicted molar refractivity (Wildman–Crippen MR) is 40.8 cm³/mol. The fourth-order valence-corrected chi connectivity index (χ4v) is 1.04. The lowest BCUT2D eigenvalue weighted by Crippen LogP contribution is -2.50. The third-order valence-corrected chi connectivity index (χ3v) is 1.87. The van der Waals surface area contributed by atoms with Crippen molar-refractivity contribution in [2.45, 2.75) is 38.0 Å². The van der Waals surface area contributed by atoms with Gasteiger partial charge in [-0.3, -0.25) is 4.79 Å².